The van der Waals surface area contributed by atoms with Crippen LogP contribution in [0.25, 0.3) is 0 Å². The second kappa shape index (κ2) is 8.39. The van der Waals surface area contributed by atoms with Crippen LogP contribution in [-0.2, 0) is 18.9 Å². The molecule has 2 aromatic carbocycles. The number of rotatable bonds is 5. The molecule has 0 aliphatic carbocycles. The Bertz CT molecular complexity index is 879. The maximum atomic E-state index is 13.0. The van der Waals surface area contributed by atoms with Crippen molar-refractivity contribution in [3.05, 3.63) is 65.2 Å². The van der Waals surface area contributed by atoms with Gasteiger partial charge in [-0.25, -0.2) is 3.51 Å². The smallest absolute Gasteiger partial charge is 0.379 e. The van der Waals surface area contributed by atoms with Gasteiger partial charge in [-0.05, 0) is 18.2 Å². The molecule has 0 radical (unpaired) electrons. The third-order valence-electron chi connectivity index (χ3n) is 4.16. The Morgan fingerprint density at radius 1 is 0.800 bits per heavy atom. The van der Waals surface area contributed by atoms with E-state index in [4.69, 9.17) is 0 Å². The lowest BCUT2D eigenvalue weighted by Gasteiger charge is -2.33. The van der Waals surface area contributed by atoms with Crippen LogP contribution < -0.4 is 3.51 Å². The molecular weight excluding hydrogens is 497 g/mol. The largest absolute Gasteiger partial charge is 0.419 e. The van der Waals surface area contributed by atoms with Crippen LogP contribution in [0.5, 0.6) is 0 Å². The average Bonchev–Trinajstić information content (AvgIpc) is 2.59. The highest BCUT2D eigenvalue weighted by atomic mass is 79.9. The van der Waals surface area contributed by atoms with Crippen LogP contribution in [0.1, 0.15) is 16.7 Å². The first-order valence-electron chi connectivity index (χ1n) is 8.18. The Balaban J connectivity index is 2.53. The molecule has 166 valence electrons. The van der Waals surface area contributed by atoms with Gasteiger partial charge in [0.05, 0.1) is 11.1 Å². The highest BCUT2D eigenvalue weighted by Gasteiger charge is 2.46. The standard InChI is InChI=1S/C18H14BrF9NO/c19-29(10-15(30)18(26,27)28,14-6-2-5-13(8-14)17(23,24)25)9-11-3-1-4-12(7-11)16(20,21)22/h1-8,15,30H,9-10H2/q+1. The van der Waals surface area contributed by atoms with E-state index in [9.17, 15) is 44.6 Å². The molecule has 30 heavy (non-hydrogen) atoms. The van der Waals surface area contributed by atoms with Crippen LogP contribution in [0, 0.1) is 0 Å². The molecular formula is C18H14BrF9NO+. The summed E-state index contributed by atoms with van der Waals surface area (Å²) in [7, 11) is 0. The first-order valence-corrected chi connectivity index (χ1v) is 8.89. The van der Waals surface area contributed by atoms with Crippen LogP contribution in [0.4, 0.5) is 45.2 Å². The summed E-state index contributed by atoms with van der Waals surface area (Å²) in [4.78, 5) is 0. The number of alkyl halides is 9. The Hall–Kier alpha value is -1.79. The molecule has 0 saturated heterocycles. The van der Waals surface area contributed by atoms with Crippen molar-refractivity contribution >= 4 is 21.8 Å². The molecule has 0 heterocycles. The summed E-state index contributed by atoms with van der Waals surface area (Å²) in [5.41, 5.74) is -2.66. The molecule has 0 aliphatic heterocycles. The number of benzene rings is 2. The van der Waals surface area contributed by atoms with Gasteiger partial charge >= 0.3 is 18.5 Å². The Morgan fingerprint density at radius 3 is 1.80 bits per heavy atom. The number of hydrogen-bond acceptors (Lipinski definition) is 1. The Morgan fingerprint density at radius 2 is 1.30 bits per heavy atom. The number of halogens is 10. The van der Waals surface area contributed by atoms with E-state index in [1.165, 1.54) is 6.07 Å². The Kier molecular flexibility index (Phi) is 6.84. The number of hydrogen-bond donors (Lipinski definition) is 1. The molecule has 0 aromatic heterocycles. The fraction of sp³-hybridized carbons (Fsp3) is 0.333. The van der Waals surface area contributed by atoms with Gasteiger partial charge in [0, 0.05) is 17.7 Å². The molecule has 2 unspecified atom stereocenters. The summed E-state index contributed by atoms with van der Waals surface area (Å²) in [5.74, 6) is 0. The van der Waals surface area contributed by atoms with E-state index >= 15 is 0 Å². The van der Waals surface area contributed by atoms with Gasteiger partial charge in [-0.15, -0.1) is 0 Å². The number of aliphatic hydroxyl groups is 1. The fourth-order valence-electron chi connectivity index (χ4n) is 2.71. The third-order valence-corrected chi connectivity index (χ3v) is 5.11. The fourth-order valence-corrected chi connectivity index (χ4v) is 3.49. The molecule has 1 N–H and O–H groups in total. The maximum absolute atomic E-state index is 13.0. The molecule has 0 saturated carbocycles. The first-order chi connectivity index (χ1) is 13.5. The lowest BCUT2D eigenvalue weighted by Crippen LogP contribution is -2.48. The van der Waals surface area contributed by atoms with Crippen LogP contribution in [0.3, 0.4) is 0 Å². The van der Waals surface area contributed by atoms with E-state index in [1.807, 2.05) is 0 Å². The zero-order valence-corrected chi connectivity index (χ0v) is 16.4. The van der Waals surface area contributed by atoms with E-state index in [0.29, 0.717) is 18.2 Å². The van der Waals surface area contributed by atoms with Crippen LogP contribution in [-0.4, -0.2) is 23.9 Å². The van der Waals surface area contributed by atoms with Gasteiger partial charge in [-0.1, -0.05) is 18.2 Å². The average molecular weight is 511 g/mol. The SMILES string of the molecule is OC(C[N+](Br)(Cc1cccc(C(F)(F)F)c1)c1cccc(C(F)(F)F)c1)C(F)(F)F. The summed E-state index contributed by atoms with van der Waals surface area (Å²) in [6.07, 6.45) is -17.6. The van der Waals surface area contributed by atoms with Gasteiger partial charge in [0.2, 0.25) is 22.3 Å². The lowest BCUT2D eigenvalue weighted by molar-refractivity contribution is -0.204. The molecule has 0 fully saturated rings. The zero-order valence-electron chi connectivity index (χ0n) is 14.8. The van der Waals surface area contributed by atoms with Crippen LogP contribution >= 0.6 is 16.1 Å². The predicted octanol–water partition coefficient (Wildman–Crippen LogP) is 6.46. The summed E-state index contributed by atoms with van der Waals surface area (Å²) < 4.78 is 116. The molecule has 2 atom stereocenters. The van der Waals surface area contributed by atoms with Gasteiger partial charge in [-0.3, -0.25) is 0 Å². The molecule has 2 nitrogen and oxygen atoms in total. The van der Waals surface area contributed by atoms with Crippen LogP contribution in [0.15, 0.2) is 48.5 Å². The van der Waals surface area contributed by atoms with E-state index in [-0.39, 0.29) is 11.3 Å². The normalized spacial score (nSPS) is 16.2. The van der Waals surface area contributed by atoms with Crippen molar-refractivity contribution in [2.75, 3.05) is 6.54 Å². The van der Waals surface area contributed by atoms with Gasteiger partial charge in [0.25, 0.3) is 0 Å². The van der Waals surface area contributed by atoms with Crippen molar-refractivity contribution in [2.24, 2.45) is 0 Å². The first kappa shape index (κ1) is 24.5. The second-order valence-electron chi connectivity index (χ2n) is 6.51. The van der Waals surface area contributed by atoms with E-state index in [1.54, 1.807) is 0 Å². The second-order valence-corrected chi connectivity index (χ2v) is 7.87. The number of quaternary nitrogens is 1. The number of aliphatic hydroxyl groups excluding tert-OH is 1. The molecule has 0 aliphatic rings. The van der Waals surface area contributed by atoms with Crippen molar-refractivity contribution in [3.63, 3.8) is 0 Å². The molecule has 2 rings (SSSR count). The summed E-state index contributed by atoms with van der Waals surface area (Å²) in [5, 5.41) is 9.50. The minimum absolute atomic E-state index is 0.103. The van der Waals surface area contributed by atoms with Gasteiger partial charge in [0.15, 0.2) is 0 Å². The third kappa shape index (κ3) is 6.11. The number of nitrogens with zero attached hydrogens (tertiary/aromatic N) is 1. The van der Waals surface area contributed by atoms with Crippen molar-refractivity contribution in [1.29, 1.82) is 0 Å². The Labute approximate surface area is 173 Å². The molecule has 0 spiro atoms. The summed E-state index contributed by atoms with van der Waals surface area (Å²) in [6, 6.07) is 6.97. The predicted molar refractivity (Wildman–Crippen MR) is 94.2 cm³/mol. The van der Waals surface area contributed by atoms with E-state index in [0.717, 1.165) is 24.3 Å². The van der Waals surface area contributed by atoms with Gasteiger partial charge in [-0.2, -0.15) is 39.5 Å². The van der Waals surface area contributed by atoms with Crippen molar-refractivity contribution < 1.29 is 44.6 Å². The van der Waals surface area contributed by atoms with Crippen LogP contribution in [0.2, 0.25) is 0 Å². The topological polar surface area (TPSA) is 20.2 Å². The highest BCUT2D eigenvalue weighted by molar-refractivity contribution is 9.08. The van der Waals surface area contributed by atoms with Crippen molar-refractivity contribution in [1.82, 2.24) is 3.51 Å². The highest BCUT2D eigenvalue weighted by Crippen LogP contribution is 2.39. The lowest BCUT2D eigenvalue weighted by atomic mass is 10.1. The van der Waals surface area contributed by atoms with Gasteiger partial charge in [0.1, 0.15) is 18.8 Å². The maximum Gasteiger partial charge on any atom is 0.419 e. The van der Waals surface area contributed by atoms with E-state index in [2.05, 4.69) is 16.1 Å². The van der Waals surface area contributed by atoms with Crippen molar-refractivity contribution in [2.45, 2.75) is 31.2 Å². The van der Waals surface area contributed by atoms with Crippen molar-refractivity contribution in [3.8, 4) is 0 Å². The molecule has 0 amide bonds. The monoisotopic (exact) mass is 510 g/mol. The van der Waals surface area contributed by atoms with Gasteiger partial charge < -0.3 is 5.11 Å². The summed E-state index contributed by atoms with van der Waals surface area (Å²) >= 11 is 2.93. The molecule has 0 bridgehead atoms. The molecule has 12 heteroatoms. The quantitative estimate of drug-likeness (QED) is 0.361. The minimum Gasteiger partial charge on any atom is -0.379 e. The zero-order chi connectivity index (χ0) is 23.0. The molecule has 2 aromatic rings. The van der Waals surface area contributed by atoms with E-state index < -0.39 is 52.4 Å². The summed E-state index contributed by atoms with van der Waals surface area (Å²) in [6.45, 7) is -1.78. The minimum atomic E-state index is -5.09.